The first-order valence-corrected chi connectivity index (χ1v) is 5.57. The molecule has 7 nitrogen and oxygen atoms in total. The van der Waals surface area contributed by atoms with Crippen molar-refractivity contribution >= 4 is 11.5 Å². The molecule has 0 amide bonds. The van der Waals surface area contributed by atoms with Crippen LogP contribution in [0.25, 0.3) is 5.65 Å². The molecule has 96 valence electrons. The van der Waals surface area contributed by atoms with Crippen molar-refractivity contribution in [3.8, 4) is 0 Å². The topological polar surface area (TPSA) is 84.3 Å². The molecule has 2 aromatic heterocycles. The number of hydrogen-bond acceptors (Lipinski definition) is 5. The number of aromatic nitrogens is 4. The van der Waals surface area contributed by atoms with Crippen LogP contribution in [0.4, 0.5) is 5.82 Å². The lowest BCUT2D eigenvalue weighted by Gasteiger charge is -2.06. The second kappa shape index (κ2) is 5.46. The van der Waals surface area contributed by atoms with Crippen LogP contribution in [0, 0.1) is 0 Å². The van der Waals surface area contributed by atoms with E-state index in [0.717, 1.165) is 5.57 Å². The smallest absolute Gasteiger partial charge is 0.364 e. The first-order valence-electron chi connectivity index (χ1n) is 5.57. The minimum atomic E-state index is -0.354. The minimum Gasteiger partial charge on any atom is -0.375 e. The van der Waals surface area contributed by atoms with E-state index in [1.54, 1.807) is 12.1 Å². The van der Waals surface area contributed by atoms with E-state index in [4.69, 9.17) is 4.74 Å². The Morgan fingerprint density at radius 3 is 3.22 bits per heavy atom. The van der Waals surface area contributed by atoms with Crippen LogP contribution in [0.1, 0.15) is 6.92 Å². The van der Waals surface area contributed by atoms with Gasteiger partial charge in [0.05, 0.1) is 13.2 Å². The zero-order valence-electron chi connectivity index (χ0n) is 10.1. The number of anilines is 1. The molecule has 0 aliphatic heterocycles. The molecule has 0 fully saturated rings. The van der Waals surface area contributed by atoms with Gasteiger partial charge in [0, 0.05) is 6.54 Å². The van der Waals surface area contributed by atoms with Gasteiger partial charge in [0.2, 0.25) is 0 Å². The molecule has 0 unspecified atom stereocenters. The molecule has 7 heteroatoms. The number of nitrogens with one attached hydrogen (secondary N) is 2. The number of ether oxygens (including phenoxy) is 1. The summed E-state index contributed by atoms with van der Waals surface area (Å²) in [6.07, 6.45) is 0. The normalized spacial score (nSPS) is 10.7. The van der Waals surface area contributed by atoms with Gasteiger partial charge in [-0.3, -0.25) is 0 Å². The number of aromatic amines is 1. The van der Waals surface area contributed by atoms with E-state index in [1.807, 2.05) is 6.92 Å². The van der Waals surface area contributed by atoms with Crippen molar-refractivity contribution in [1.29, 1.82) is 0 Å². The Bertz CT molecular complexity index is 601. The second-order valence-corrected chi connectivity index (χ2v) is 3.95. The number of fused-ring (bicyclic) bond motifs is 1. The van der Waals surface area contributed by atoms with Crippen LogP contribution in [0.5, 0.6) is 0 Å². The molecule has 0 radical (unpaired) electrons. The molecule has 0 saturated carbocycles. The lowest BCUT2D eigenvalue weighted by atomic mass is 10.4. The molecule has 0 aliphatic rings. The Labute approximate surface area is 103 Å². The van der Waals surface area contributed by atoms with Gasteiger partial charge in [0.15, 0.2) is 5.65 Å². The van der Waals surface area contributed by atoms with E-state index in [9.17, 15) is 4.79 Å². The van der Waals surface area contributed by atoms with Crippen LogP contribution in [-0.4, -0.2) is 39.6 Å². The Kier molecular flexibility index (Phi) is 3.73. The molecule has 0 bridgehead atoms. The van der Waals surface area contributed by atoms with Crippen LogP contribution < -0.4 is 11.0 Å². The van der Waals surface area contributed by atoms with Gasteiger partial charge < -0.3 is 10.1 Å². The minimum absolute atomic E-state index is 0.354. The fraction of sp³-hybridized carbons (Fsp3) is 0.364. The van der Waals surface area contributed by atoms with E-state index in [-0.39, 0.29) is 5.69 Å². The van der Waals surface area contributed by atoms with Gasteiger partial charge in [-0.15, -0.1) is 5.10 Å². The average Bonchev–Trinajstić information content (AvgIpc) is 2.70. The van der Waals surface area contributed by atoms with Crippen LogP contribution in [0.3, 0.4) is 0 Å². The summed E-state index contributed by atoms with van der Waals surface area (Å²) in [7, 11) is 0. The van der Waals surface area contributed by atoms with E-state index >= 15 is 0 Å². The Hall–Kier alpha value is -2.15. The maximum atomic E-state index is 11.3. The van der Waals surface area contributed by atoms with E-state index in [1.165, 1.54) is 4.52 Å². The summed E-state index contributed by atoms with van der Waals surface area (Å²) < 4.78 is 6.54. The largest absolute Gasteiger partial charge is 0.375 e. The van der Waals surface area contributed by atoms with Crippen molar-refractivity contribution in [2.24, 2.45) is 0 Å². The lowest BCUT2D eigenvalue weighted by Crippen LogP contribution is -2.16. The van der Waals surface area contributed by atoms with Crippen LogP contribution in [0.2, 0.25) is 0 Å². The first kappa shape index (κ1) is 12.3. The predicted octanol–water partition coefficient (Wildman–Crippen LogP) is 0.422. The highest BCUT2D eigenvalue weighted by molar-refractivity contribution is 5.42. The van der Waals surface area contributed by atoms with Crippen molar-refractivity contribution in [1.82, 2.24) is 19.8 Å². The van der Waals surface area contributed by atoms with E-state index < -0.39 is 0 Å². The standard InChI is InChI=1S/C11H15N5O2/c1-8(2)7-18-6-5-12-9-3-4-10-13-14-11(17)16(10)15-9/h3-4H,1,5-7H2,2H3,(H,12,15)(H,14,17). The molecule has 0 atom stereocenters. The summed E-state index contributed by atoms with van der Waals surface area (Å²) in [6.45, 7) is 7.36. The molecule has 2 heterocycles. The summed E-state index contributed by atoms with van der Waals surface area (Å²) in [5, 5.41) is 13.3. The van der Waals surface area contributed by atoms with Crippen molar-refractivity contribution < 1.29 is 4.74 Å². The van der Waals surface area contributed by atoms with Gasteiger partial charge in [0.1, 0.15) is 5.82 Å². The summed E-state index contributed by atoms with van der Waals surface area (Å²) in [6, 6.07) is 3.47. The molecule has 0 aliphatic carbocycles. The zero-order chi connectivity index (χ0) is 13.0. The van der Waals surface area contributed by atoms with Gasteiger partial charge in [-0.2, -0.15) is 9.61 Å². The van der Waals surface area contributed by atoms with Crippen LogP contribution in [0.15, 0.2) is 29.1 Å². The highest BCUT2D eigenvalue weighted by Gasteiger charge is 2.01. The fourth-order valence-electron chi connectivity index (χ4n) is 1.39. The summed E-state index contributed by atoms with van der Waals surface area (Å²) in [4.78, 5) is 11.3. The third-order valence-electron chi connectivity index (χ3n) is 2.17. The molecule has 2 rings (SSSR count). The highest BCUT2D eigenvalue weighted by atomic mass is 16.5. The van der Waals surface area contributed by atoms with Gasteiger partial charge in [-0.05, 0) is 19.1 Å². The Balaban J connectivity index is 1.89. The molecule has 0 spiro atoms. The number of nitrogens with zero attached hydrogens (tertiary/aromatic N) is 3. The van der Waals surface area contributed by atoms with Crippen LogP contribution >= 0.6 is 0 Å². The maximum absolute atomic E-state index is 11.3. The third-order valence-corrected chi connectivity index (χ3v) is 2.17. The molecule has 0 saturated heterocycles. The molecule has 2 N–H and O–H groups in total. The molecule has 18 heavy (non-hydrogen) atoms. The molecule has 0 aromatic carbocycles. The number of H-pyrrole nitrogens is 1. The molecular formula is C11H15N5O2. The third kappa shape index (κ3) is 2.95. The fourth-order valence-corrected chi connectivity index (χ4v) is 1.39. The van der Waals surface area contributed by atoms with Crippen LogP contribution in [-0.2, 0) is 4.74 Å². The molecular weight excluding hydrogens is 234 g/mol. The zero-order valence-corrected chi connectivity index (χ0v) is 10.1. The maximum Gasteiger partial charge on any atom is 0.364 e. The average molecular weight is 249 g/mol. The highest BCUT2D eigenvalue weighted by Crippen LogP contribution is 2.02. The van der Waals surface area contributed by atoms with Gasteiger partial charge in [-0.25, -0.2) is 9.89 Å². The SMILES string of the molecule is C=C(C)COCCNc1ccc2n[nH]c(=O)n2n1. The predicted molar refractivity (Wildman–Crippen MR) is 67.7 cm³/mol. The van der Waals surface area contributed by atoms with Crippen molar-refractivity contribution in [3.63, 3.8) is 0 Å². The quantitative estimate of drug-likeness (QED) is 0.572. The number of hydrogen-bond donors (Lipinski definition) is 2. The number of rotatable bonds is 6. The summed E-state index contributed by atoms with van der Waals surface area (Å²) in [5.41, 5.74) is 1.12. The second-order valence-electron chi connectivity index (χ2n) is 3.95. The lowest BCUT2D eigenvalue weighted by molar-refractivity contribution is 0.167. The van der Waals surface area contributed by atoms with E-state index in [2.05, 4.69) is 27.2 Å². The Morgan fingerprint density at radius 2 is 2.44 bits per heavy atom. The van der Waals surface area contributed by atoms with Gasteiger partial charge >= 0.3 is 5.69 Å². The van der Waals surface area contributed by atoms with Gasteiger partial charge in [0.25, 0.3) is 0 Å². The van der Waals surface area contributed by atoms with Crippen molar-refractivity contribution in [2.45, 2.75) is 6.92 Å². The Morgan fingerprint density at radius 1 is 1.61 bits per heavy atom. The van der Waals surface area contributed by atoms with Gasteiger partial charge in [-0.1, -0.05) is 12.2 Å². The van der Waals surface area contributed by atoms with Crippen molar-refractivity contribution in [3.05, 3.63) is 34.8 Å². The monoisotopic (exact) mass is 249 g/mol. The summed E-state index contributed by atoms with van der Waals surface area (Å²) >= 11 is 0. The first-order chi connectivity index (χ1) is 8.66. The summed E-state index contributed by atoms with van der Waals surface area (Å²) in [5.74, 6) is 0.602. The molecule has 2 aromatic rings. The van der Waals surface area contributed by atoms with Crippen molar-refractivity contribution in [2.75, 3.05) is 25.1 Å². The van der Waals surface area contributed by atoms with E-state index in [0.29, 0.717) is 31.2 Å².